The van der Waals surface area contributed by atoms with Crippen molar-refractivity contribution in [1.82, 2.24) is 25.1 Å². The first-order valence-electron chi connectivity index (χ1n) is 11.4. The van der Waals surface area contributed by atoms with E-state index in [-0.39, 0.29) is 37.6 Å². The number of carbonyl (C=O) groups excluding carboxylic acids is 4. The van der Waals surface area contributed by atoms with Gasteiger partial charge in [0.25, 0.3) is 0 Å². The van der Waals surface area contributed by atoms with Crippen LogP contribution < -0.4 is 21.6 Å². The molecule has 1 fully saturated rings. The van der Waals surface area contributed by atoms with Crippen molar-refractivity contribution < 1.29 is 28.7 Å². The fourth-order valence-corrected chi connectivity index (χ4v) is 3.72. The summed E-state index contributed by atoms with van der Waals surface area (Å²) in [5.41, 5.74) is 0.955. The molecule has 35 heavy (non-hydrogen) atoms. The summed E-state index contributed by atoms with van der Waals surface area (Å²) in [5.74, 6) is -0.843. The fraction of sp³-hybridized carbons (Fsp3) is 0.522. The van der Waals surface area contributed by atoms with E-state index in [1.54, 1.807) is 46.0 Å². The van der Waals surface area contributed by atoms with Crippen LogP contribution in [0.3, 0.4) is 0 Å². The summed E-state index contributed by atoms with van der Waals surface area (Å²) in [5, 5.41) is 7.50. The highest BCUT2D eigenvalue weighted by Crippen LogP contribution is 2.23. The van der Waals surface area contributed by atoms with E-state index < -0.39 is 29.7 Å². The van der Waals surface area contributed by atoms with Crippen LogP contribution in [-0.4, -0.2) is 51.9 Å². The first-order valence-corrected chi connectivity index (χ1v) is 11.4. The lowest BCUT2D eigenvalue weighted by molar-refractivity contribution is -0.135. The fourth-order valence-electron chi connectivity index (χ4n) is 3.72. The molecule has 0 spiro atoms. The molecule has 0 radical (unpaired) electrons. The molecule has 3 rings (SSSR count). The highest BCUT2D eigenvalue weighted by Gasteiger charge is 2.31. The van der Waals surface area contributed by atoms with Crippen molar-refractivity contribution in [2.24, 2.45) is 7.05 Å². The Morgan fingerprint density at radius 1 is 1.11 bits per heavy atom. The number of aryl methyl sites for hydroxylation is 1. The Hall–Kier alpha value is -3.83. The Bertz CT molecular complexity index is 1190. The predicted molar refractivity (Wildman–Crippen MR) is 126 cm³/mol. The van der Waals surface area contributed by atoms with Gasteiger partial charge in [-0.05, 0) is 51.3 Å². The molecule has 12 nitrogen and oxygen atoms in total. The van der Waals surface area contributed by atoms with E-state index in [0.29, 0.717) is 24.0 Å². The van der Waals surface area contributed by atoms with Crippen LogP contribution >= 0.6 is 0 Å². The van der Waals surface area contributed by atoms with Crippen LogP contribution in [-0.2, 0) is 32.7 Å². The molecule has 12 heteroatoms. The molecule has 1 aromatic heterocycles. The highest BCUT2D eigenvalue weighted by molar-refractivity contribution is 6.00. The molecule has 1 aromatic carbocycles. The van der Waals surface area contributed by atoms with E-state index in [0.717, 1.165) is 5.56 Å². The number of aromatic nitrogens is 2. The van der Waals surface area contributed by atoms with Crippen LogP contribution in [0, 0.1) is 0 Å². The third-order valence-electron chi connectivity index (χ3n) is 5.33. The number of imidazole rings is 1. The SMILES string of the molecule is Cn1c(=O)n(C2CCC(=O)NC2=O)c2ccc(CNC(=O)OCCCNC(=O)OC(C)(C)C)cc21. The number of alkyl carbamates (subject to hydrolysis) is 2. The van der Waals surface area contributed by atoms with Crippen molar-refractivity contribution >= 4 is 35.0 Å². The molecule has 190 valence electrons. The zero-order valence-corrected chi connectivity index (χ0v) is 20.3. The van der Waals surface area contributed by atoms with Crippen LogP contribution in [0.1, 0.15) is 51.6 Å². The molecular weight excluding hydrogens is 458 g/mol. The van der Waals surface area contributed by atoms with E-state index in [4.69, 9.17) is 9.47 Å². The molecule has 0 bridgehead atoms. The molecule has 0 saturated carbocycles. The van der Waals surface area contributed by atoms with Crippen molar-refractivity contribution in [2.75, 3.05) is 13.2 Å². The molecule has 1 saturated heterocycles. The standard InChI is InChI=1S/C23H31N5O7/c1-23(2,3)35-21(32)24-10-5-11-34-20(31)25-13-14-6-7-15-17(12-14)27(4)22(33)28(15)16-8-9-18(29)26-19(16)30/h6-7,12,16H,5,8-11,13H2,1-4H3,(H,24,32)(H,25,31)(H,26,29,30). The second kappa shape index (κ2) is 10.6. The number of nitrogens with zero attached hydrogens (tertiary/aromatic N) is 2. The molecular formula is C23H31N5O7. The maximum absolute atomic E-state index is 12.8. The maximum Gasteiger partial charge on any atom is 0.407 e. The largest absolute Gasteiger partial charge is 0.449 e. The average molecular weight is 490 g/mol. The van der Waals surface area contributed by atoms with Gasteiger partial charge < -0.3 is 20.1 Å². The van der Waals surface area contributed by atoms with Gasteiger partial charge in [-0.3, -0.25) is 24.0 Å². The van der Waals surface area contributed by atoms with E-state index in [1.165, 1.54) is 9.13 Å². The minimum atomic E-state index is -0.757. The van der Waals surface area contributed by atoms with Crippen LogP contribution in [0.15, 0.2) is 23.0 Å². The lowest BCUT2D eigenvalue weighted by Crippen LogP contribution is -2.44. The van der Waals surface area contributed by atoms with Crippen LogP contribution in [0.2, 0.25) is 0 Å². The topological polar surface area (TPSA) is 150 Å². The van der Waals surface area contributed by atoms with E-state index >= 15 is 0 Å². The van der Waals surface area contributed by atoms with E-state index in [2.05, 4.69) is 16.0 Å². The number of rotatable bonds is 7. The number of carbonyl (C=O) groups is 4. The monoisotopic (exact) mass is 489 g/mol. The number of nitrogens with one attached hydrogen (secondary N) is 3. The van der Waals surface area contributed by atoms with Crippen molar-refractivity contribution in [2.45, 2.75) is 58.2 Å². The minimum absolute atomic E-state index is 0.115. The first kappa shape index (κ1) is 25.8. The average Bonchev–Trinajstić information content (AvgIpc) is 3.01. The summed E-state index contributed by atoms with van der Waals surface area (Å²) in [6.07, 6.45) is -0.295. The molecule has 1 aliphatic rings. The molecule has 4 amide bonds. The van der Waals surface area contributed by atoms with Gasteiger partial charge in [-0.1, -0.05) is 6.07 Å². The molecule has 2 heterocycles. The zero-order valence-electron chi connectivity index (χ0n) is 20.3. The number of piperidine rings is 1. The van der Waals surface area contributed by atoms with Crippen LogP contribution in [0.4, 0.5) is 9.59 Å². The smallest absolute Gasteiger partial charge is 0.407 e. The summed E-state index contributed by atoms with van der Waals surface area (Å²) in [6, 6.07) is 4.46. The van der Waals surface area contributed by atoms with E-state index in [9.17, 15) is 24.0 Å². The number of amides is 4. The lowest BCUT2D eigenvalue weighted by atomic mass is 10.1. The minimum Gasteiger partial charge on any atom is -0.449 e. The van der Waals surface area contributed by atoms with Crippen LogP contribution in [0.25, 0.3) is 11.0 Å². The number of ether oxygens (including phenoxy) is 2. The summed E-state index contributed by atoms with van der Waals surface area (Å²) in [4.78, 5) is 60.1. The Morgan fingerprint density at radius 2 is 1.86 bits per heavy atom. The Kier molecular flexibility index (Phi) is 7.82. The van der Waals surface area contributed by atoms with Crippen molar-refractivity contribution in [3.8, 4) is 0 Å². The highest BCUT2D eigenvalue weighted by atomic mass is 16.6. The van der Waals surface area contributed by atoms with Gasteiger partial charge >= 0.3 is 17.9 Å². The Labute approximate surface area is 201 Å². The number of imide groups is 1. The quantitative estimate of drug-likeness (QED) is 0.394. The third kappa shape index (κ3) is 6.61. The van der Waals surface area contributed by atoms with Crippen molar-refractivity contribution in [3.63, 3.8) is 0 Å². The van der Waals surface area contributed by atoms with Gasteiger partial charge in [-0.15, -0.1) is 0 Å². The van der Waals surface area contributed by atoms with Gasteiger partial charge in [0, 0.05) is 26.6 Å². The Balaban J connectivity index is 1.52. The second-order valence-corrected chi connectivity index (χ2v) is 9.27. The van der Waals surface area contributed by atoms with Gasteiger partial charge in [0.05, 0.1) is 17.6 Å². The number of benzene rings is 1. The summed E-state index contributed by atoms with van der Waals surface area (Å²) < 4.78 is 13.1. The number of hydrogen-bond donors (Lipinski definition) is 3. The first-order chi connectivity index (χ1) is 16.5. The van der Waals surface area contributed by atoms with Gasteiger partial charge in [-0.2, -0.15) is 0 Å². The molecule has 1 unspecified atom stereocenters. The molecule has 1 aliphatic heterocycles. The molecule has 3 N–H and O–H groups in total. The van der Waals surface area contributed by atoms with Crippen LogP contribution in [0.5, 0.6) is 0 Å². The third-order valence-corrected chi connectivity index (χ3v) is 5.33. The van der Waals surface area contributed by atoms with Gasteiger partial charge in [0.2, 0.25) is 11.8 Å². The summed E-state index contributed by atoms with van der Waals surface area (Å²) in [6.45, 7) is 5.89. The number of fused-ring (bicyclic) bond motifs is 1. The summed E-state index contributed by atoms with van der Waals surface area (Å²) in [7, 11) is 1.60. The van der Waals surface area contributed by atoms with Gasteiger partial charge in [-0.25, -0.2) is 14.4 Å². The second-order valence-electron chi connectivity index (χ2n) is 9.27. The van der Waals surface area contributed by atoms with Gasteiger partial charge in [0.1, 0.15) is 11.6 Å². The Morgan fingerprint density at radius 3 is 2.54 bits per heavy atom. The molecule has 2 aromatic rings. The lowest BCUT2D eigenvalue weighted by Gasteiger charge is -2.21. The maximum atomic E-state index is 12.8. The summed E-state index contributed by atoms with van der Waals surface area (Å²) >= 11 is 0. The predicted octanol–water partition coefficient (Wildman–Crippen LogP) is 1.46. The molecule has 0 aliphatic carbocycles. The molecule has 1 atom stereocenters. The normalized spacial score (nSPS) is 16.1. The van der Waals surface area contributed by atoms with Crippen molar-refractivity contribution in [3.05, 3.63) is 34.2 Å². The van der Waals surface area contributed by atoms with Crippen molar-refractivity contribution in [1.29, 1.82) is 0 Å². The van der Waals surface area contributed by atoms with Gasteiger partial charge in [0.15, 0.2) is 0 Å². The van der Waals surface area contributed by atoms with E-state index in [1.807, 2.05) is 0 Å². The number of hydrogen-bond acceptors (Lipinski definition) is 7. The zero-order chi connectivity index (χ0) is 25.8.